The number of ether oxygens (including phenoxy) is 2. The number of aliphatic hydroxyl groups is 1. The van der Waals surface area contributed by atoms with Crippen molar-refractivity contribution in [3.63, 3.8) is 0 Å². The summed E-state index contributed by atoms with van der Waals surface area (Å²) >= 11 is 0. The Bertz CT molecular complexity index is 872. The van der Waals surface area contributed by atoms with Crippen LogP contribution in [0.25, 0.3) is 10.9 Å². The number of allylic oxidation sites excluding steroid dienone is 1. The number of aromatic hydroxyl groups is 1. The van der Waals surface area contributed by atoms with E-state index in [1.165, 1.54) is 30.9 Å². The molecule has 0 saturated carbocycles. The van der Waals surface area contributed by atoms with Gasteiger partial charge >= 0.3 is 0 Å². The average molecular weight is 348 g/mol. The van der Waals surface area contributed by atoms with Crippen LogP contribution in [0.2, 0.25) is 0 Å². The molecular formula is C17H20N2O6. The number of methoxy groups -OCH3 is 2. The van der Waals surface area contributed by atoms with Crippen molar-refractivity contribution in [2.24, 2.45) is 0 Å². The van der Waals surface area contributed by atoms with Crippen LogP contribution in [0.15, 0.2) is 29.6 Å². The fraction of sp³-hybridized carbons (Fsp3) is 0.294. The normalized spacial score (nSPS) is 10.5. The Morgan fingerprint density at radius 3 is 2.52 bits per heavy atom. The summed E-state index contributed by atoms with van der Waals surface area (Å²) in [5, 5.41) is 22.0. The van der Waals surface area contributed by atoms with Gasteiger partial charge < -0.3 is 29.6 Å². The molecule has 0 radical (unpaired) electrons. The van der Waals surface area contributed by atoms with Crippen molar-refractivity contribution in [1.82, 2.24) is 9.88 Å². The number of carbonyl (C=O) groups excluding carboxylic acids is 1. The van der Waals surface area contributed by atoms with Crippen molar-refractivity contribution >= 4 is 16.8 Å². The van der Waals surface area contributed by atoms with Crippen LogP contribution >= 0.6 is 0 Å². The number of aromatic nitrogens is 1. The van der Waals surface area contributed by atoms with Crippen LogP contribution < -0.4 is 20.3 Å². The SMILES string of the molecule is C=CCn1c(=O)c(C(=O)NCCO)c(O)c2cc(OC)c(OC)cc21. The van der Waals surface area contributed by atoms with Gasteiger partial charge in [0, 0.05) is 24.5 Å². The number of hydrogen-bond donors (Lipinski definition) is 3. The molecule has 0 spiro atoms. The molecule has 1 aromatic heterocycles. The van der Waals surface area contributed by atoms with Crippen LogP contribution in [0, 0.1) is 0 Å². The van der Waals surface area contributed by atoms with E-state index in [2.05, 4.69) is 11.9 Å². The Labute approximate surface area is 143 Å². The van der Waals surface area contributed by atoms with Crippen molar-refractivity contribution in [2.45, 2.75) is 6.54 Å². The quantitative estimate of drug-likeness (QED) is 0.633. The predicted octanol–water partition coefficient (Wildman–Crippen LogP) is 0.632. The molecule has 1 heterocycles. The van der Waals surface area contributed by atoms with Gasteiger partial charge in [0.2, 0.25) is 0 Å². The third-order valence-electron chi connectivity index (χ3n) is 3.68. The molecule has 8 heteroatoms. The van der Waals surface area contributed by atoms with Crippen LogP contribution in [0.1, 0.15) is 10.4 Å². The number of pyridine rings is 1. The monoisotopic (exact) mass is 348 g/mol. The van der Waals surface area contributed by atoms with E-state index < -0.39 is 22.8 Å². The zero-order chi connectivity index (χ0) is 18.6. The molecule has 0 unspecified atom stereocenters. The van der Waals surface area contributed by atoms with Gasteiger partial charge in [-0.05, 0) is 6.07 Å². The first-order valence-corrected chi connectivity index (χ1v) is 7.51. The van der Waals surface area contributed by atoms with Gasteiger partial charge in [-0.15, -0.1) is 6.58 Å². The number of amides is 1. The predicted molar refractivity (Wildman–Crippen MR) is 92.6 cm³/mol. The van der Waals surface area contributed by atoms with E-state index in [0.717, 1.165) is 0 Å². The second-order valence-corrected chi connectivity index (χ2v) is 5.13. The molecule has 0 fully saturated rings. The van der Waals surface area contributed by atoms with E-state index in [-0.39, 0.29) is 25.1 Å². The molecule has 0 atom stereocenters. The molecule has 1 amide bonds. The molecule has 0 saturated heterocycles. The highest BCUT2D eigenvalue weighted by Crippen LogP contribution is 2.36. The topological polar surface area (TPSA) is 110 Å². The lowest BCUT2D eigenvalue weighted by Crippen LogP contribution is -2.34. The summed E-state index contributed by atoms with van der Waals surface area (Å²) in [4.78, 5) is 25.0. The van der Waals surface area contributed by atoms with Gasteiger partial charge in [0.15, 0.2) is 11.5 Å². The standard InChI is InChI=1S/C17H20N2O6/c1-4-6-19-11-9-13(25-3)12(24-2)8-10(11)15(21)14(17(19)23)16(22)18-5-7-20/h4,8-9,20-21H,1,5-7H2,2-3H3,(H,18,22). The van der Waals surface area contributed by atoms with Crippen molar-refractivity contribution in [3.8, 4) is 17.2 Å². The Morgan fingerprint density at radius 1 is 1.32 bits per heavy atom. The Kier molecular flexibility index (Phi) is 5.66. The Morgan fingerprint density at radius 2 is 1.96 bits per heavy atom. The summed E-state index contributed by atoms with van der Waals surface area (Å²) in [5.74, 6) is -0.511. The molecule has 0 aliphatic heterocycles. The van der Waals surface area contributed by atoms with Gasteiger partial charge in [-0.3, -0.25) is 9.59 Å². The van der Waals surface area contributed by atoms with E-state index in [1.54, 1.807) is 6.07 Å². The van der Waals surface area contributed by atoms with Gasteiger partial charge in [-0.2, -0.15) is 0 Å². The molecule has 0 bridgehead atoms. The number of hydrogen-bond acceptors (Lipinski definition) is 6. The maximum atomic E-state index is 12.7. The van der Waals surface area contributed by atoms with E-state index >= 15 is 0 Å². The Balaban J connectivity index is 2.85. The molecule has 2 aromatic rings. The number of nitrogens with zero attached hydrogens (tertiary/aromatic N) is 1. The third kappa shape index (κ3) is 3.29. The zero-order valence-electron chi connectivity index (χ0n) is 14.0. The first-order valence-electron chi connectivity index (χ1n) is 7.51. The second-order valence-electron chi connectivity index (χ2n) is 5.13. The van der Waals surface area contributed by atoms with Gasteiger partial charge in [0.1, 0.15) is 11.3 Å². The molecule has 134 valence electrons. The highest BCUT2D eigenvalue weighted by molar-refractivity contribution is 6.03. The molecule has 3 N–H and O–H groups in total. The van der Waals surface area contributed by atoms with Crippen LogP contribution in [-0.4, -0.2) is 48.1 Å². The van der Waals surface area contributed by atoms with Gasteiger partial charge in [-0.25, -0.2) is 0 Å². The number of nitrogens with one attached hydrogen (secondary N) is 1. The zero-order valence-corrected chi connectivity index (χ0v) is 14.0. The fourth-order valence-corrected chi connectivity index (χ4v) is 2.53. The number of rotatable bonds is 7. The van der Waals surface area contributed by atoms with Crippen molar-refractivity contribution in [1.29, 1.82) is 0 Å². The Hall–Kier alpha value is -3.00. The fourth-order valence-electron chi connectivity index (χ4n) is 2.53. The van der Waals surface area contributed by atoms with Gasteiger partial charge in [-0.1, -0.05) is 6.08 Å². The largest absolute Gasteiger partial charge is 0.506 e. The molecule has 0 aliphatic rings. The molecule has 25 heavy (non-hydrogen) atoms. The van der Waals surface area contributed by atoms with E-state index in [1.807, 2.05) is 0 Å². The van der Waals surface area contributed by atoms with E-state index in [9.17, 15) is 14.7 Å². The van der Waals surface area contributed by atoms with Crippen LogP contribution in [0.3, 0.4) is 0 Å². The maximum absolute atomic E-state index is 12.7. The van der Waals surface area contributed by atoms with E-state index in [0.29, 0.717) is 17.0 Å². The minimum Gasteiger partial charge on any atom is -0.506 e. The minimum atomic E-state index is -0.772. The molecule has 8 nitrogen and oxygen atoms in total. The maximum Gasteiger partial charge on any atom is 0.268 e. The van der Waals surface area contributed by atoms with Gasteiger partial charge in [0.25, 0.3) is 11.5 Å². The third-order valence-corrected chi connectivity index (χ3v) is 3.68. The number of benzene rings is 1. The average Bonchev–Trinajstić information content (AvgIpc) is 2.62. The van der Waals surface area contributed by atoms with E-state index in [4.69, 9.17) is 14.6 Å². The van der Waals surface area contributed by atoms with Crippen molar-refractivity contribution < 1.29 is 24.5 Å². The lowest BCUT2D eigenvalue weighted by Gasteiger charge is -2.16. The molecular weight excluding hydrogens is 328 g/mol. The van der Waals surface area contributed by atoms with Crippen LogP contribution in [0.4, 0.5) is 0 Å². The smallest absolute Gasteiger partial charge is 0.268 e. The van der Waals surface area contributed by atoms with Crippen LogP contribution in [0.5, 0.6) is 17.2 Å². The number of fused-ring (bicyclic) bond motifs is 1. The molecule has 2 rings (SSSR count). The summed E-state index contributed by atoms with van der Waals surface area (Å²) in [6.45, 7) is 3.42. The molecule has 1 aromatic carbocycles. The first-order chi connectivity index (χ1) is 12.0. The summed E-state index contributed by atoms with van der Waals surface area (Å²) < 4.78 is 11.8. The van der Waals surface area contributed by atoms with Gasteiger partial charge in [0.05, 0.1) is 26.3 Å². The lowest BCUT2D eigenvalue weighted by atomic mass is 10.1. The highest BCUT2D eigenvalue weighted by Gasteiger charge is 2.23. The molecule has 0 aliphatic carbocycles. The summed E-state index contributed by atoms with van der Waals surface area (Å²) in [6, 6.07) is 3.04. The second kappa shape index (κ2) is 7.71. The highest BCUT2D eigenvalue weighted by atomic mass is 16.5. The number of carbonyl (C=O) groups is 1. The van der Waals surface area contributed by atoms with Crippen molar-refractivity contribution in [2.75, 3.05) is 27.4 Å². The first kappa shape index (κ1) is 18.3. The summed E-state index contributed by atoms with van der Waals surface area (Å²) in [5.41, 5.74) is -0.707. The van der Waals surface area contributed by atoms with Crippen molar-refractivity contribution in [3.05, 3.63) is 40.7 Å². The minimum absolute atomic E-state index is 0.0385. The van der Waals surface area contributed by atoms with Crippen LogP contribution in [-0.2, 0) is 6.54 Å². The summed E-state index contributed by atoms with van der Waals surface area (Å²) in [6.07, 6.45) is 1.50. The summed E-state index contributed by atoms with van der Waals surface area (Å²) in [7, 11) is 2.89. The lowest BCUT2D eigenvalue weighted by molar-refractivity contribution is 0.0940. The number of aliphatic hydroxyl groups excluding tert-OH is 1.